The van der Waals surface area contributed by atoms with Crippen LogP contribution in [0, 0.1) is 0 Å². The number of carbonyl (C=O) groups is 2. The summed E-state index contributed by atoms with van der Waals surface area (Å²) in [6.45, 7) is 10.2. The second-order valence-electron chi connectivity index (χ2n) is 8.12. The van der Waals surface area contributed by atoms with Crippen LogP contribution >= 0.6 is 0 Å². The highest BCUT2D eigenvalue weighted by Gasteiger charge is 2.51. The number of methoxy groups -OCH3 is 1. The minimum absolute atomic E-state index is 0.206. The summed E-state index contributed by atoms with van der Waals surface area (Å²) in [5.74, 6) is -1.68. The van der Waals surface area contributed by atoms with Gasteiger partial charge in [0.1, 0.15) is 0 Å². The van der Waals surface area contributed by atoms with Crippen LogP contribution in [0.1, 0.15) is 27.2 Å². The first-order chi connectivity index (χ1) is 14.7. The standard InChI is InChI=1S/C24H28N2O4Si/c1-6-18(17-21(27)22(26-25)23(28)29-5)30-31(24(2,3)4,19-13-9-7-10-14-19)20-15-11-8-12-16-20/h6-16,18H,1,17H2,2-5H3. The van der Waals surface area contributed by atoms with Gasteiger partial charge >= 0.3 is 11.7 Å². The lowest BCUT2D eigenvalue weighted by Crippen LogP contribution is -2.67. The summed E-state index contributed by atoms with van der Waals surface area (Å²) >= 11 is 0. The van der Waals surface area contributed by atoms with E-state index in [1.54, 1.807) is 6.08 Å². The van der Waals surface area contributed by atoms with Gasteiger partial charge in [0.2, 0.25) is 0 Å². The van der Waals surface area contributed by atoms with Crippen molar-refractivity contribution in [2.75, 3.05) is 7.11 Å². The maximum atomic E-state index is 12.6. The van der Waals surface area contributed by atoms with Crippen molar-refractivity contribution < 1.29 is 23.5 Å². The Bertz CT molecular complexity index is 938. The van der Waals surface area contributed by atoms with Gasteiger partial charge in [-0.2, -0.15) is 4.79 Å². The van der Waals surface area contributed by atoms with Crippen LogP contribution < -0.4 is 10.4 Å². The van der Waals surface area contributed by atoms with Gasteiger partial charge in [0.05, 0.1) is 13.2 Å². The molecular weight excluding hydrogens is 408 g/mol. The number of rotatable bonds is 9. The van der Waals surface area contributed by atoms with Gasteiger partial charge in [-0.25, -0.2) is 4.79 Å². The Morgan fingerprint density at radius 1 is 1.06 bits per heavy atom. The van der Waals surface area contributed by atoms with Crippen LogP contribution in [0.15, 0.2) is 73.3 Å². The van der Waals surface area contributed by atoms with Crippen molar-refractivity contribution in [2.45, 2.75) is 38.3 Å². The number of hydrogen-bond donors (Lipinski definition) is 0. The van der Waals surface area contributed by atoms with Gasteiger partial charge in [0.15, 0.2) is 0 Å². The van der Waals surface area contributed by atoms with E-state index in [0.29, 0.717) is 0 Å². The highest BCUT2D eigenvalue weighted by molar-refractivity contribution is 6.99. The average molecular weight is 437 g/mol. The van der Waals surface area contributed by atoms with Crippen LogP contribution in [0.3, 0.4) is 0 Å². The zero-order valence-electron chi connectivity index (χ0n) is 18.4. The topological polar surface area (TPSA) is 89.0 Å². The molecule has 0 amide bonds. The zero-order chi connectivity index (χ0) is 23.1. The second-order valence-corrected chi connectivity index (χ2v) is 12.4. The molecule has 0 fully saturated rings. The van der Waals surface area contributed by atoms with Crippen molar-refractivity contribution in [3.05, 3.63) is 78.8 Å². The van der Waals surface area contributed by atoms with E-state index in [9.17, 15) is 9.59 Å². The molecule has 6 nitrogen and oxygen atoms in total. The van der Waals surface area contributed by atoms with Crippen molar-refractivity contribution >= 4 is 36.2 Å². The molecule has 162 valence electrons. The van der Waals surface area contributed by atoms with Gasteiger partial charge in [0, 0.05) is 6.42 Å². The summed E-state index contributed by atoms with van der Waals surface area (Å²) in [5.41, 5.74) is 8.44. The number of ether oxygens (including phenoxy) is 1. The van der Waals surface area contributed by atoms with Gasteiger partial charge in [-0.3, -0.25) is 4.79 Å². The molecule has 7 heteroatoms. The fourth-order valence-corrected chi connectivity index (χ4v) is 8.33. The van der Waals surface area contributed by atoms with Crippen LogP contribution in [-0.2, 0) is 18.8 Å². The summed E-state index contributed by atoms with van der Waals surface area (Å²) in [6, 6.07) is 19.9. The number of nitrogens with zero attached hydrogens (tertiary/aromatic N) is 2. The third kappa shape index (κ3) is 5.14. The molecule has 0 aliphatic heterocycles. The fraction of sp³-hybridized carbons (Fsp3) is 0.292. The summed E-state index contributed by atoms with van der Waals surface area (Å²) in [5, 5.41) is 1.81. The predicted octanol–water partition coefficient (Wildman–Crippen LogP) is 2.92. The van der Waals surface area contributed by atoms with Gasteiger partial charge in [-0.1, -0.05) is 87.5 Å². The van der Waals surface area contributed by atoms with Crippen LogP contribution in [0.25, 0.3) is 5.53 Å². The van der Waals surface area contributed by atoms with E-state index in [1.165, 1.54) is 0 Å². The third-order valence-electron chi connectivity index (χ3n) is 5.14. The van der Waals surface area contributed by atoms with E-state index in [2.05, 4.69) is 36.9 Å². The van der Waals surface area contributed by atoms with Crippen LogP contribution in [0.4, 0.5) is 0 Å². The molecule has 0 bridgehead atoms. The van der Waals surface area contributed by atoms with Gasteiger partial charge in [0.25, 0.3) is 14.1 Å². The first kappa shape index (κ1) is 24.1. The molecule has 0 heterocycles. The Kier molecular flexibility index (Phi) is 7.99. The molecule has 0 saturated heterocycles. The quantitative estimate of drug-likeness (QED) is 0.115. The van der Waals surface area contributed by atoms with Gasteiger partial charge < -0.3 is 14.7 Å². The highest BCUT2D eigenvalue weighted by Crippen LogP contribution is 2.38. The Hall–Kier alpha value is -3.12. The Morgan fingerprint density at radius 3 is 1.90 bits per heavy atom. The Labute approximate surface area is 184 Å². The SMILES string of the molecule is C=CC(CC(=O)C(=[N+]=[N-])C(=O)OC)O[Si](c1ccccc1)(c1ccccc1)C(C)(C)C. The molecule has 0 aliphatic carbocycles. The first-order valence-corrected chi connectivity index (χ1v) is 11.9. The number of ketones is 1. The number of hydrogen-bond acceptors (Lipinski definition) is 4. The molecule has 2 rings (SSSR count). The normalized spacial score (nSPS) is 12.4. The minimum atomic E-state index is -2.92. The monoisotopic (exact) mass is 436 g/mol. The van der Waals surface area contributed by atoms with Crippen molar-refractivity contribution in [1.29, 1.82) is 0 Å². The highest BCUT2D eigenvalue weighted by atomic mass is 28.4. The molecular formula is C24H28N2O4Si. The van der Waals surface area contributed by atoms with E-state index in [4.69, 9.17) is 9.96 Å². The molecule has 1 unspecified atom stereocenters. The first-order valence-electron chi connectivity index (χ1n) is 9.96. The molecule has 0 saturated carbocycles. The Morgan fingerprint density at radius 2 is 1.55 bits per heavy atom. The molecule has 0 radical (unpaired) electrons. The summed E-state index contributed by atoms with van der Waals surface area (Å²) < 4.78 is 11.3. The predicted molar refractivity (Wildman–Crippen MR) is 123 cm³/mol. The van der Waals surface area contributed by atoms with Gasteiger partial charge in [-0.05, 0) is 15.4 Å². The zero-order valence-corrected chi connectivity index (χ0v) is 19.4. The van der Waals surface area contributed by atoms with Crippen molar-refractivity contribution in [3.63, 3.8) is 0 Å². The molecule has 0 aliphatic rings. The minimum Gasteiger partial charge on any atom is -0.460 e. The average Bonchev–Trinajstić information content (AvgIpc) is 2.77. The lowest BCUT2D eigenvalue weighted by molar-refractivity contribution is -0.139. The molecule has 31 heavy (non-hydrogen) atoms. The molecule has 1 atom stereocenters. The van der Waals surface area contributed by atoms with Crippen molar-refractivity contribution in [3.8, 4) is 0 Å². The fourth-order valence-electron chi connectivity index (χ4n) is 3.68. The molecule has 2 aromatic carbocycles. The molecule has 0 aromatic heterocycles. The molecule has 0 N–H and O–H groups in total. The molecule has 0 spiro atoms. The third-order valence-corrected chi connectivity index (χ3v) is 10.2. The van der Waals surface area contributed by atoms with Crippen molar-refractivity contribution in [2.24, 2.45) is 0 Å². The summed E-state index contributed by atoms with van der Waals surface area (Å²) in [7, 11) is -1.81. The lowest BCUT2D eigenvalue weighted by Gasteiger charge is -2.44. The Balaban J connectivity index is 2.57. The van der Waals surface area contributed by atoms with Gasteiger partial charge in [-0.15, -0.1) is 6.58 Å². The number of Topliss-reactive ketones (excluding diaryl/α,β-unsaturated/α-hetero) is 1. The smallest absolute Gasteiger partial charge is 0.441 e. The number of carbonyl (C=O) groups excluding carboxylic acids is 2. The van der Waals surface area contributed by atoms with Crippen LogP contribution in [0.2, 0.25) is 5.04 Å². The summed E-state index contributed by atoms with van der Waals surface area (Å²) in [6.07, 6.45) is 0.631. The number of esters is 1. The van der Waals surface area contributed by atoms with E-state index < -0.39 is 31.9 Å². The molecule has 2 aromatic rings. The number of benzene rings is 2. The second kappa shape index (κ2) is 10.3. The maximum Gasteiger partial charge on any atom is 0.441 e. The van der Waals surface area contributed by atoms with Crippen LogP contribution in [0.5, 0.6) is 0 Å². The van der Waals surface area contributed by atoms with E-state index in [1.807, 2.05) is 60.7 Å². The van der Waals surface area contributed by atoms with E-state index in [0.717, 1.165) is 17.5 Å². The van der Waals surface area contributed by atoms with Crippen molar-refractivity contribution in [1.82, 2.24) is 0 Å². The van der Waals surface area contributed by atoms with E-state index >= 15 is 0 Å². The largest absolute Gasteiger partial charge is 0.460 e. The summed E-state index contributed by atoms with van der Waals surface area (Å²) in [4.78, 5) is 27.2. The maximum absolute atomic E-state index is 12.6. The lowest BCUT2D eigenvalue weighted by atomic mass is 10.1. The van der Waals surface area contributed by atoms with E-state index in [-0.39, 0.29) is 11.5 Å². The van der Waals surface area contributed by atoms with Crippen LogP contribution in [-0.4, -0.2) is 43.8 Å².